The summed E-state index contributed by atoms with van der Waals surface area (Å²) in [6.45, 7) is 0.307. The summed E-state index contributed by atoms with van der Waals surface area (Å²) in [5.41, 5.74) is -0.750. The fraction of sp³-hybridized carbons (Fsp3) is 0.529. The molecule has 1 fully saturated rings. The van der Waals surface area contributed by atoms with Crippen LogP contribution in [0.25, 0.3) is 0 Å². The minimum absolute atomic E-state index is 0.0542. The molecule has 0 bridgehead atoms. The van der Waals surface area contributed by atoms with Gasteiger partial charge in [0.25, 0.3) is 0 Å². The zero-order valence-corrected chi connectivity index (χ0v) is 14.0. The van der Waals surface area contributed by atoms with Gasteiger partial charge in [0.1, 0.15) is 12.4 Å². The highest BCUT2D eigenvalue weighted by atomic mass is 19.4. The summed E-state index contributed by atoms with van der Waals surface area (Å²) in [5.74, 6) is -0.853. The quantitative estimate of drug-likeness (QED) is 0.668. The summed E-state index contributed by atoms with van der Waals surface area (Å²) in [7, 11) is 0. The maximum Gasteiger partial charge on any atom is 0.416 e. The summed E-state index contributed by atoms with van der Waals surface area (Å²) >= 11 is 0. The van der Waals surface area contributed by atoms with Gasteiger partial charge in [0.05, 0.1) is 18.0 Å². The Kier molecular flexibility index (Phi) is 6.70. The summed E-state index contributed by atoms with van der Waals surface area (Å²) in [5, 5.41) is 14.3. The summed E-state index contributed by atoms with van der Waals surface area (Å²) in [4.78, 5) is 22.6. The molecule has 9 heteroatoms. The van der Waals surface area contributed by atoms with Crippen molar-refractivity contribution < 1.29 is 32.6 Å². The van der Waals surface area contributed by atoms with Gasteiger partial charge in [-0.25, -0.2) is 4.79 Å². The molecule has 144 valence electrons. The predicted octanol–water partition coefficient (Wildman–Crippen LogP) is 3.03. The molecule has 0 aliphatic heterocycles. The molecular formula is C17H21F3N2O4. The van der Waals surface area contributed by atoms with Crippen LogP contribution >= 0.6 is 0 Å². The van der Waals surface area contributed by atoms with Crippen molar-refractivity contribution in [3.05, 3.63) is 29.8 Å². The molecule has 0 spiro atoms. The Labute approximate surface area is 148 Å². The molecule has 2 rings (SSSR count). The zero-order valence-electron chi connectivity index (χ0n) is 14.0. The molecule has 0 unspecified atom stereocenters. The Morgan fingerprint density at radius 1 is 1.12 bits per heavy atom. The molecule has 6 nitrogen and oxygen atoms in total. The number of carbonyl (C=O) groups is 2. The van der Waals surface area contributed by atoms with E-state index in [2.05, 4.69) is 10.6 Å². The second kappa shape index (κ2) is 8.77. The molecule has 1 saturated carbocycles. The Bertz CT molecular complexity index is 611. The van der Waals surface area contributed by atoms with Crippen molar-refractivity contribution in [3.63, 3.8) is 0 Å². The van der Waals surface area contributed by atoms with Crippen LogP contribution in [-0.2, 0) is 11.0 Å². The summed E-state index contributed by atoms with van der Waals surface area (Å²) in [6, 6.07) is 3.89. The minimum Gasteiger partial charge on any atom is -0.492 e. The molecule has 0 heterocycles. The van der Waals surface area contributed by atoms with Crippen LogP contribution in [0.4, 0.5) is 18.0 Å². The molecular weight excluding hydrogens is 353 g/mol. The van der Waals surface area contributed by atoms with Crippen LogP contribution in [0.5, 0.6) is 5.75 Å². The highest BCUT2D eigenvalue weighted by molar-refractivity contribution is 5.74. The second-order valence-corrected chi connectivity index (χ2v) is 6.16. The van der Waals surface area contributed by atoms with Crippen LogP contribution in [0.15, 0.2) is 24.3 Å². The van der Waals surface area contributed by atoms with Crippen LogP contribution in [-0.4, -0.2) is 36.3 Å². The molecule has 1 aliphatic rings. The van der Waals surface area contributed by atoms with Crippen LogP contribution < -0.4 is 15.4 Å². The number of carbonyl (C=O) groups excluding carboxylic acids is 1. The van der Waals surface area contributed by atoms with Gasteiger partial charge in [-0.15, -0.1) is 0 Å². The Balaban J connectivity index is 1.62. The average molecular weight is 374 g/mol. The molecule has 3 N–H and O–H groups in total. The lowest BCUT2D eigenvalue weighted by Crippen LogP contribution is -2.45. The van der Waals surface area contributed by atoms with Crippen LogP contribution in [0.1, 0.15) is 31.2 Å². The SMILES string of the molecule is O=C(NCCOc1ccc(C(F)(F)F)cc1)NC1CCC(C(=O)O)CC1. The van der Waals surface area contributed by atoms with Gasteiger partial charge in [-0.3, -0.25) is 4.79 Å². The van der Waals surface area contributed by atoms with Gasteiger partial charge >= 0.3 is 18.2 Å². The normalized spacial score (nSPS) is 20.3. The van der Waals surface area contributed by atoms with E-state index in [1.807, 2.05) is 0 Å². The van der Waals surface area contributed by atoms with E-state index in [0.717, 1.165) is 12.1 Å². The van der Waals surface area contributed by atoms with Crippen LogP contribution in [0.2, 0.25) is 0 Å². The van der Waals surface area contributed by atoms with E-state index in [4.69, 9.17) is 9.84 Å². The molecule has 0 saturated heterocycles. The van der Waals surface area contributed by atoms with Gasteiger partial charge in [0, 0.05) is 6.04 Å². The number of carboxylic acids is 1. The Morgan fingerprint density at radius 3 is 2.27 bits per heavy atom. The van der Waals surface area contributed by atoms with Crippen molar-refractivity contribution in [1.82, 2.24) is 10.6 Å². The van der Waals surface area contributed by atoms with E-state index in [-0.39, 0.29) is 36.9 Å². The van der Waals surface area contributed by atoms with Crippen molar-refractivity contribution >= 4 is 12.0 Å². The highest BCUT2D eigenvalue weighted by Crippen LogP contribution is 2.30. The third-order valence-electron chi connectivity index (χ3n) is 4.25. The van der Waals surface area contributed by atoms with E-state index in [9.17, 15) is 22.8 Å². The number of benzene rings is 1. The van der Waals surface area contributed by atoms with E-state index in [1.54, 1.807) is 0 Å². The number of alkyl halides is 3. The van der Waals surface area contributed by atoms with Gasteiger partial charge in [0.15, 0.2) is 0 Å². The molecule has 1 aromatic rings. The van der Waals surface area contributed by atoms with E-state index >= 15 is 0 Å². The number of nitrogens with one attached hydrogen (secondary N) is 2. The first kappa shape index (κ1) is 19.9. The molecule has 0 radical (unpaired) electrons. The maximum atomic E-state index is 12.4. The average Bonchev–Trinajstić information content (AvgIpc) is 2.59. The van der Waals surface area contributed by atoms with E-state index < -0.39 is 17.7 Å². The largest absolute Gasteiger partial charge is 0.492 e. The van der Waals surface area contributed by atoms with Crippen molar-refractivity contribution in [1.29, 1.82) is 0 Å². The van der Waals surface area contributed by atoms with Crippen molar-refractivity contribution in [2.45, 2.75) is 37.9 Å². The number of hydrogen-bond donors (Lipinski definition) is 3. The van der Waals surface area contributed by atoms with Gasteiger partial charge in [0.2, 0.25) is 0 Å². The van der Waals surface area contributed by atoms with Crippen LogP contribution in [0, 0.1) is 5.92 Å². The summed E-state index contributed by atoms with van der Waals surface area (Å²) in [6.07, 6.45) is -2.07. The third-order valence-corrected chi connectivity index (χ3v) is 4.25. The number of hydrogen-bond acceptors (Lipinski definition) is 3. The topological polar surface area (TPSA) is 87.7 Å². The number of aliphatic carboxylic acids is 1. The van der Waals surface area contributed by atoms with Crippen molar-refractivity contribution in [2.75, 3.05) is 13.2 Å². The van der Waals surface area contributed by atoms with Gasteiger partial charge in [-0.2, -0.15) is 13.2 Å². The van der Waals surface area contributed by atoms with Gasteiger partial charge in [-0.05, 0) is 49.9 Å². The van der Waals surface area contributed by atoms with Gasteiger partial charge in [-0.1, -0.05) is 0 Å². The first-order chi connectivity index (χ1) is 12.3. The molecule has 1 aromatic carbocycles. The number of halogens is 3. The van der Waals surface area contributed by atoms with Crippen molar-refractivity contribution in [2.24, 2.45) is 5.92 Å². The van der Waals surface area contributed by atoms with E-state index in [0.29, 0.717) is 25.7 Å². The van der Waals surface area contributed by atoms with Crippen molar-refractivity contribution in [3.8, 4) is 5.75 Å². The molecule has 1 aliphatic carbocycles. The fourth-order valence-corrected chi connectivity index (χ4v) is 2.79. The minimum atomic E-state index is -4.39. The summed E-state index contributed by atoms with van der Waals surface area (Å²) < 4.78 is 42.6. The number of carboxylic acid groups (broad SMARTS) is 1. The maximum absolute atomic E-state index is 12.4. The zero-order chi connectivity index (χ0) is 19.2. The molecule has 26 heavy (non-hydrogen) atoms. The van der Waals surface area contributed by atoms with Gasteiger partial charge < -0.3 is 20.5 Å². The first-order valence-corrected chi connectivity index (χ1v) is 8.33. The number of amides is 2. The standard InChI is InChI=1S/C17H21F3N2O4/c18-17(19,20)12-3-7-14(8-4-12)26-10-9-21-16(25)22-13-5-1-11(2-6-13)15(23)24/h3-4,7-8,11,13H,1-2,5-6,9-10H2,(H,23,24)(H2,21,22,25). The number of urea groups is 1. The number of rotatable bonds is 6. The highest BCUT2D eigenvalue weighted by Gasteiger charge is 2.30. The van der Waals surface area contributed by atoms with Crippen LogP contribution in [0.3, 0.4) is 0 Å². The molecule has 2 amide bonds. The monoisotopic (exact) mass is 374 g/mol. The molecule has 0 atom stereocenters. The first-order valence-electron chi connectivity index (χ1n) is 8.33. The fourth-order valence-electron chi connectivity index (χ4n) is 2.79. The number of ether oxygens (including phenoxy) is 1. The third kappa shape index (κ3) is 6.12. The Morgan fingerprint density at radius 2 is 1.73 bits per heavy atom. The Hall–Kier alpha value is -2.45. The lowest BCUT2D eigenvalue weighted by atomic mass is 9.86. The molecule has 0 aromatic heterocycles. The predicted molar refractivity (Wildman–Crippen MR) is 86.9 cm³/mol. The lowest BCUT2D eigenvalue weighted by molar-refractivity contribution is -0.143. The van der Waals surface area contributed by atoms with E-state index in [1.165, 1.54) is 12.1 Å². The second-order valence-electron chi connectivity index (χ2n) is 6.16. The lowest BCUT2D eigenvalue weighted by Gasteiger charge is -2.26. The smallest absolute Gasteiger partial charge is 0.416 e.